The van der Waals surface area contributed by atoms with Gasteiger partial charge in [-0.15, -0.1) is 0 Å². The largest absolute Gasteiger partial charge is 0.455 e. The molecular weight excluding hydrogens is 751 g/mol. The molecule has 292 valence electrons. The van der Waals surface area contributed by atoms with Crippen molar-refractivity contribution in [2.75, 3.05) is 4.90 Å². The Hall–Kier alpha value is -8.20. The second-order valence-electron chi connectivity index (χ2n) is 15.7. The maximum atomic E-state index is 6.71. The molecule has 62 heavy (non-hydrogen) atoms. The van der Waals surface area contributed by atoms with Crippen molar-refractivity contribution in [3.05, 3.63) is 249 Å². The van der Waals surface area contributed by atoms with E-state index in [1.54, 1.807) is 0 Å². The Kier molecular flexibility index (Phi) is 9.57. The molecule has 0 fully saturated rings. The summed E-state index contributed by atoms with van der Waals surface area (Å²) in [6, 6.07) is 88.9. The third kappa shape index (κ3) is 6.94. The van der Waals surface area contributed by atoms with Crippen LogP contribution in [0.5, 0.6) is 0 Å². The van der Waals surface area contributed by atoms with Crippen LogP contribution in [-0.2, 0) is 0 Å². The number of hydrogen-bond donors (Lipinski definition) is 0. The van der Waals surface area contributed by atoms with Crippen LogP contribution in [0, 0.1) is 0 Å². The Bertz CT molecular complexity index is 3280. The van der Waals surface area contributed by atoms with E-state index in [9.17, 15) is 0 Å². The van der Waals surface area contributed by atoms with Crippen LogP contribution in [0.15, 0.2) is 253 Å². The van der Waals surface area contributed by atoms with E-state index < -0.39 is 0 Å². The highest BCUT2D eigenvalue weighted by atomic mass is 16.3. The van der Waals surface area contributed by atoms with Crippen LogP contribution in [-0.4, -0.2) is 0 Å². The summed E-state index contributed by atoms with van der Waals surface area (Å²) in [6.07, 6.45) is 0. The molecule has 0 aliphatic heterocycles. The average Bonchev–Trinajstić information content (AvgIpc) is 3.74. The van der Waals surface area contributed by atoms with Gasteiger partial charge in [0.1, 0.15) is 11.2 Å². The van der Waals surface area contributed by atoms with Crippen molar-refractivity contribution in [3.63, 3.8) is 0 Å². The standard InChI is InChI=1S/C60H41NO/c1-4-14-42(15-5-1)44-24-26-46(27-25-44)47-32-36-51(37-33-47)61(57-22-12-10-20-53(57)48-18-8-3-9-19-48)52-38-34-49(35-39-52)54-40-41-56-55-21-11-13-23-58(55)62-60(56)59(54)50-30-28-45(29-31-50)43-16-6-2-7-17-43/h1-41H. The second kappa shape index (κ2) is 16.1. The average molecular weight is 792 g/mol. The maximum absolute atomic E-state index is 6.71. The van der Waals surface area contributed by atoms with E-state index in [0.717, 1.165) is 66.8 Å². The SMILES string of the molecule is c1ccc(-c2ccc(-c3ccc(N(c4ccc(-c5ccc6c(oc7ccccc76)c5-c5ccc(-c6ccccc6)cc5)cc4)c4ccccc4-c4ccccc4)cc3)cc2)cc1. The predicted octanol–water partition coefficient (Wildman–Crippen LogP) is 17.1. The monoisotopic (exact) mass is 791 g/mol. The predicted molar refractivity (Wildman–Crippen MR) is 261 cm³/mol. The van der Waals surface area contributed by atoms with Crippen molar-refractivity contribution in [1.29, 1.82) is 0 Å². The molecule has 0 spiro atoms. The third-order valence-electron chi connectivity index (χ3n) is 11.9. The van der Waals surface area contributed by atoms with Crippen LogP contribution in [0.4, 0.5) is 17.1 Å². The summed E-state index contributed by atoms with van der Waals surface area (Å²) in [5, 5.41) is 2.23. The minimum absolute atomic E-state index is 0.889. The van der Waals surface area contributed by atoms with Crippen LogP contribution in [0.1, 0.15) is 0 Å². The molecule has 0 saturated carbocycles. The van der Waals surface area contributed by atoms with Crippen molar-refractivity contribution in [3.8, 4) is 66.8 Å². The number of nitrogens with zero attached hydrogens (tertiary/aromatic N) is 1. The first-order valence-electron chi connectivity index (χ1n) is 21.2. The minimum Gasteiger partial charge on any atom is -0.455 e. The molecule has 0 saturated heterocycles. The Morgan fingerprint density at radius 3 is 1.23 bits per heavy atom. The Morgan fingerprint density at radius 2 is 0.661 bits per heavy atom. The summed E-state index contributed by atoms with van der Waals surface area (Å²) >= 11 is 0. The van der Waals surface area contributed by atoms with Gasteiger partial charge in [-0.3, -0.25) is 0 Å². The number of anilines is 3. The maximum Gasteiger partial charge on any atom is 0.143 e. The molecule has 2 nitrogen and oxygen atoms in total. The number of rotatable bonds is 9. The Morgan fingerprint density at radius 1 is 0.258 bits per heavy atom. The van der Waals surface area contributed by atoms with Crippen LogP contribution in [0.25, 0.3) is 88.7 Å². The minimum atomic E-state index is 0.889. The van der Waals surface area contributed by atoms with Crippen molar-refractivity contribution in [2.24, 2.45) is 0 Å². The lowest BCUT2D eigenvalue weighted by Crippen LogP contribution is -2.11. The lowest BCUT2D eigenvalue weighted by atomic mass is 9.91. The van der Waals surface area contributed by atoms with E-state index in [4.69, 9.17) is 4.42 Å². The fraction of sp³-hybridized carbons (Fsp3) is 0. The van der Waals surface area contributed by atoms with Gasteiger partial charge in [0.05, 0.1) is 5.69 Å². The number of furan rings is 1. The topological polar surface area (TPSA) is 16.4 Å². The van der Waals surface area contributed by atoms with E-state index in [1.165, 1.54) is 38.9 Å². The first-order chi connectivity index (χ1) is 30.7. The Labute approximate surface area is 362 Å². The Balaban J connectivity index is 1.01. The molecule has 0 aliphatic rings. The van der Waals surface area contributed by atoms with E-state index in [2.05, 4.69) is 248 Å². The highest BCUT2D eigenvalue weighted by Gasteiger charge is 2.20. The van der Waals surface area contributed by atoms with Gasteiger partial charge in [0, 0.05) is 33.3 Å². The molecule has 10 aromatic carbocycles. The molecule has 0 amide bonds. The fourth-order valence-electron chi connectivity index (χ4n) is 8.81. The van der Waals surface area contributed by atoms with Gasteiger partial charge in [-0.1, -0.05) is 206 Å². The summed E-state index contributed by atoms with van der Waals surface area (Å²) in [6.45, 7) is 0. The van der Waals surface area contributed by atoms with E-state index in [0.29, 0.717) is 0 Å². The smallest absolute Gasteiger partial charge is 0.143 e. The van der Waals surface area contributed by atoms with E-state index >= 15 is 0 Å². The molecule has 1 heterocycles. The summed E-state index contributed by atoms with van der Waals surface area (Å²) in [7, 11) is 0. The van der Waals surface area contributed by atoms with Gasteiger partial charge in [0.15, 0.2) is 0 Å². The molecule has 0 N–H and O–H groups in total. The van der Waals surface area contributed by atoms with Crippen LogP contribution in [0.2, 0.25) is 0 Å². The lowest BCUT2D eigenvalue weighted by Gasteiger charge is -2.28. The van der Waals surface area contributed by atoms with Crippen molar-refractivity contribution < 1.29 is 4.42 Å². The lowest BCUT2D eigenvalue weighted by molar-refractivity contribution is 0.670. The molecule has 0 radical (unpaired) electrons. The molecule has 11 rings (SSSR count). The van der Waals surface area contributed by atoms with Gasteiger partial charge < -0.3 is 9.32 Å². The van der Waals surface area contributed by atoms with Gasteiger partial charge in [-0.25, -0.2) is 0 Å². The van der Waals surface area contributed by atoms with Crippen LogP contribution in [0.3, 0.4) is 0 Å². The van der Waals surface area contributed by atoms with E-state index in [1.807, 2.05) is 6.07 Å². The van der Waals surface area contributed by atoms with Gasteiger partial charge in [-0.2, -0.15) is 0 Å². The normalized spacial score (nSPS) is 11.2. The summed E-state index contributed by atoms with van der Waals surface area (Å²) in [4.78, 5) is 2.38. The second-order valence-corrected chi connectivity index (χ2v) is 15.7. The molecule has 11 aromatic rings. The van der Waals surface area contributed by atoms with Gasteiger partial charge in [-0.05, 0) is 98.1 Å². The fourth-order valence-corrected chi connectivity index (χ4v) is 8.81. The van der Waals surface area contributed by atoms with Gasteiger partial charge in [0.2, 0.25) is 0 Å². The van der Waals surface area contributed by atoms with Gasteiger partial charge >= 0.3 is 0 Å². The van der Waals surface area contributed by atoms with Crippen LogP contribution >= 0.6 is 0 Å². The molecular formula is C60H41NO. The molecule has 0 unspecified atom stereocenters. The van der Waals surface area contributed by atoms with Crippen molar-refractivity contribution >= 4 is 39.0 Å². The number of benzene rings is 10. The zero-order chi connectivity index (χ0) is 41.2. The highest BCUT2D eigenvalue weighted by Crippen LogP contribution is 2.45. The number of para-hydroxylation sites is 2. The third-order valence-corrected chi connectivity index (χ3v) is 11.9. The van der Waals surface area contributed by atoms with Crippen molar-refractivity contribution in [1.82, 2.24) is 0 Å². The number of fused-ring (bicyclic) bond motifs is 3. The first-order valence-corrected chi connectivity index (χ1v) is 21.2. The number of hydrogen-bond acceptors (Lipinski definition) is 2. The molecule has 0 atom stereocenters. The molecule has 1 aromatic heterocycles. The first kappa shape index (κ1) is 36.8. The summed E-state index contributed by atoms with van der Waals surface area (Å²) in [5.41, 5.74) is 19.0. The zero-order valence-corrected chi connectivity index (χ0v) is 34.0. The molecule has 0 bridgehead atoms. The molecule has 0 aliphatic carbocycles. The quantitative estimate of drug-likeness (QED) is 0.145. The zero-order valence-electron chi connectivity index (χ0n) is 34.0. The summed E-state index contributed by atoms with van der Waals surface area (Å²) in [5.74, 6) is 0. The summed E-state index contributed by atoms with van der Waals surface area (Å²) < 4.78 is 6.71. The van der Waals surface area contributed by atoms with E-state index in [-0.39, 0.29) is 0 Å². The highest BCUT2D eigenvalue weighted by molar-refractivity contribution is 6.12. The molecule has 2 heteroatoms. The van der Waals surface area contributed by atoms with Gasteiger partial charge in [0.25, 0.3) is 0 Å². The van der Waals surface area contributed by atoms with Crippen LogP contribution < -0.4 is 4.90 Å². The van der Waals surface area contributed by atoms with Crippen molar-refractivity contribution in [2.45, 2.75) is 0 Å².